The zero-order valence-electron chi connectivity index (χ0n) is 6.89. The molecule has 0 heterocycles. The third kappa shape index (κ3) is 1.59. The SMILES string of the molecule is O=C(Cl)c1ccc(C2(F)CC2)cc1. The van der Waals surface area contributed by atoms with Crippen molar-refractivity contribution in [3.05, 3.63) is 35.4 Å². The number of rotatable bonds is 2. The molecule has 1 aliphatic carbocycles. The Morgan fingerprint density at radius 1 is 1.31 bits per heavy atom. The molecular weight excluding hydrogens is 191 g/mol. The van der Waals surface area contributed by atoms with E-state index in [0.717, 1.165) is 0 Å². The number of carbonyl (C=O) groups excluding carboxylic acids is 1. The maximum absolute atomic E-state index is 13.4. The highest BCUT2D eigenvalue weighted by Crippen LogP contribution is 2.49. The molecule has 68 valence electrons. The zero-order valence-corrected chi connectivity index (χ0v) is 7.64. The van der Waals surface area contributed by atoms with Crippen LogP contribution in [0.15, 0.2) is 24.3 Å². The molecule has 1 aliphatic rings. The summed E-state index contributed by atoms with van der Waals surface area (Å²) in [6.45, 7) is 0. The zero-order chi connectivity index (χ0) is 9.47. The molecule has 0 radical (unpaired) electrons. The Morgan fingerprint density at radius 2 is 1.85 bits per heavy atom. The standard InChI is InChI=1S/C10H8ClFO/c11-9(13)7-1-3-8(4-2-7)10(12)5-6-10/h1-4H,5-6H2. The summed E-state index contributed by atoms with van der Waals surface area (Å²) in [5.74, 6) is 0. The first-order chi connectivity index (χ1) is 6.12. The number of benzene rings is 1. The third-order valence-electron chi connectivity index (χ3n) is 2.32. The lowest BCUT2D eigenvalue weighted by molar-refractivity contribution is 0.108. The average Bonchev–Trinajstić information content (AvgIpc) is 2.85. The first kappa shape index (κ1) is 8.70. The van der Waals surface area contributed by atoms with Gasteiger partial charge in [-0.3, -0.25) is 4.79 Å². The molecule has 0 N–H and O–H groups in total. The monoisotopic (exact) mass is 198 g/mol. The van der Waals surface area contributed by atoms with Crippen LogP contribution in [0.25, 0.3) is 0 Å². The molecular formula is C10H8ClFO. The summed E-state index contributed by atoms with van der Waals surface area (Å²) in [5.41, 5.74) is -0.0720. The molecule has 0 atom stereocenters. The second-order valence-corrected chi connectivity index (χ2v) is 3.66. The summed E-state index contributed by atoms with van der Waals surface area (Å²) in [5, 5.41) is -0.504. The van der Waals surface area contributed by atoms with Crippen molar-refractivity contribution in [1.29, 1.82) is 0 Å². The van der Waals surface area contributed by atoms with E-state index in [-0.39, 0.29) is 0 Å². The number of hydrogen-bond donors (Lipinski definition) is 0. The molecule has 0 bridgehead atoms. The lowest BCUT2D eigenvalue weighted by Crippen LogP contribution is -1.98. The van der Waals surface area contributed by atoms with Crippen molar-refractivity contribution in [2.24, 2.45) is 0 Å². The van der Waals surface area contributed by atoms with Gasteiger partial charge in [0.25, 0.3) is 5.24 Å². The smallest absolute Gasteiger partial charge is 0.252 e. The lowest BCUT2D eigenvalue weighted by Gasteiger charge is -2.04. The maximum Gasteiger partial charge on any atom is 0.252 e. The van der Waals surface area contributed by atoms with Crippen LogP contribution in [0.3, 0.4) is 0 Å². The van der Waals surface area contributed by atoms with Crippen LogP contribution < -0.4 is 0 Å². The van der Waals surface area contributed by atoms with E-state index in [1.165, 1.54) is 0 Å². The minimum Gasteiger partial charge on any atom is -0.276 e. The van der Waals surface area contributed by atoms with Crippen molar-refractivity contribution >= 4 is 16.8 Å². The van der Waals surface area contributed by atoms with Crippen molar-refractivity contribution in [2.45, 2.75) is 18.5 Å². The van der Waals surface area contributed by atoms with Crippen molar-refractivity contribution < 1.29 is 9.18 Å². The van der Waals surface area contributed by atoms with Crippen molar-refractivity contribution in [2.75, 3.05) is 0 Å². The summed E-state index contributed by atoms with van der Waals surface area (Å²) in [7, 11) is 0. The predicted octanol–water partition coefficient (Wildman–Crippen LogP) is 3.02. The van der Waals surface area contributed by atoms with Crippen LogP contribution in [0.2, 0.25) is 0 Å². The van der Waals surface area contributed by atoms with E-state index in [9.17, 15) is 9.18 Å². The van der Waals surface area contributed by atoms with Crippen LogP contribution in [0.4, 0.5) is 4.39 Å². The van der Waals surface area contributed by atoms with E-state index in [1.807, 2.05) is 0 Å². The van der Waals surface area contributed by atoms with Crippen LogP contribution >= 0.6 is 11.6 Å². The van der Waals surface area contributed by atoms with Gasteiger partial charge in [0.2, 0.25) is 0 Å². The molecule has 0 amide bonds. The van der Waals surface area contributed by atoms with E-state index in [0.29, 0.717) is 24.0 Å². The molecule has 13 heavy (non-hydrogen) atoms. The Bertz CT molecular complexity index is 340. The van der Waals surface area contributed by atoms with Gasteiger partial charge in [0.05, 0.1) is 0 Å². The van der Waals surface area contributed by atoms with E-state index in [2.05, 4.69) is 0 Å². The normalized spacial score (nSPS) is 18.3. The molecule has 0 unspecified atom stereocenters. The van der Waals surface area contributed by atoms with Gasteiger partial charge >= 0.3 is 0 Å². The molecule has 1 fully saturated rings. The molecule has 0 aliphatic heterocycles. The van der Waals surface area contributed by atoms with Gasteiger partial charge in [-0.15, -0.1) is 0 Å². The van der Waals surface area contributed by atoms with Gasteiger partial charge in [0.15, 0.2) is 0 Å². The molecule has 1 nitrogen and oxygen atoms in total. The highest BCUT2D eigenvalue weighted by atomic mass is 35.5. The first-order valence-corrected chi connectivity index (χ1v) is 4.49. The van der Waals surface area contributed by atoms with Gasteiger partial charge in [0, 0.05) is 5.56 Å². The van der Waals surface area contributed by atoms with E-state index < -0.39 is 10.9 Å². The van der Waals surface area contributed by atoms with Crippen molar-refractivity contribution in [3.63, 3.8) is 0 Å². The quantitative estimate of drug-likeness (QED) is 0.668. The van der Waals surface area contributed by atoms with E-state index in [4.69, 9.17) is 11.6 Å². The van der Waals surface area contributed by atoms with Crippen molar-refractivity contribution in [3.8, 4) is 0 Å². The van der Waals surface area contributed by atoms with Crippen molar-refractivity contribution in [1.82, 2.24) is 0 Å². The molecule has 0 aromatic heterocycles. The Labute approximate surface area is 80.5 Å². The fraction of sp³-hybridized carbons (Fsp3) is 0.300. The second kappa shape index (κ2) is 2.81. The molecule has 2 rings (SSSR count). The van der Waals surface area contributed by atoms with Crippen LogP contribution in [0.5, 0.6) is 0 Å². The van der Waals surface area contributed by atoms with Crippen LogP contribution in [0, 0.1) is 0 Å². The molecule has 0 saturated heterocycles. The summed E-state index contributed by atoms with van der Waals surface area (Å²) >= 11 is 5.25. The van der Waals surface area contributed by atoms with Crippen LogP contribution in [-0.2, 0) is 5.67 Å². The minimum atomic E-state index is -1.13. The summed E-state index contributed by atoms with van der Waals surface area (Å²) in [6.07, 6.45) is 1.17. The first-order valence-electron chi connectivity index (χ1n) is 4.11. The lowest BCUT2D eigenvalue weighted by atomic mass is 10.1. The second-order valence-electron chi connectivity index (χ2n) is 3.32. The minimum absolute atomic E-state index is 0.412. The fourth-order valence-electron chi connectivity index (χ4n) is 1.30. The van der Waals surface area contributed by atoms with Gasteiger partial charge < -0.3 is 0 Å². The topological polar surface area (TPSA) is 17.1 Å². The number of carbonyl (C=O) groups is 1. The van der Waals surface area contributed by atoms with Gasteiger partial charge in [0.1, 0.15) is 5.67 Å². The largest absolute Gasteiger partial charge is 0.276 e. The molecule has 0 spiro atoms. The average molecular weight is 199 g/mol. The Balaban J connectivity index is 2.28. The fourth-order valence-corrected chi connectivity index (χ4v) is 1.42. The van der Waals surface area contributed by atoms with Gasteiger partial charge in [-0.2, -0.15) is 0 Å². The molecule has 1 saturated carbocycles. The van der Waals surface area contributed by atoms with Gasteiger partial charge in [-0.25, -0.2) is 4.39 Å². The number of halogens is 2. The van der Waals surface area contributed by atoms with Crippen LogP contribution in [0.1, 0.15) is 28.8 Å². The third-order valence-corrected chi connectivity index (χ3v) is 2.54. The Hall–Kier alpha value is -0.890. The van der Waals surface area contributed by atoms with E-state index >= 15 is 0 Å². The maximum atomic E-state index is 13.4. The van der Waals surface area contributed by atoms with Gasteiger partial charge in [-0.05, 0) is 42.1 Å². The molecule has 1 aromatic rings. The van der Waals surface area contributed by atoms with E-state index in [1.54, 1.807) is 24.3 Å². The summed E-state index contributed by atoms with van der Waals surface area (Å²) < 4.78 is 13.4. The predicted molar refractivity (Wildman–Crippen MR) is 48.6 cm³/mol. The van der Waals surface area contributed by atoms with Crippen LogP contribution in [-0.4, -0.2) is 5.24 Å². The summed E-state index contributed by atoms with van der Waals surface area (Å²) in [6, 6.07) is 6.37. The molecule has 3 heteroatoms. The molecule has 1 aromatic carbocycles. The Morgan fingerprint density at radius 3 is 2.23 bits per heavy atom. The highest BCUT2D eigenvalue weighted by Gasteiger charge is 2.44. The van der Waals surface area contributed by atoms with Gasteiger partial charge in [-0.1, -0.05) is 12.1 Å². The Kier molecular flexibility index (Phi) is 1.88. The summed E-state index contributed by atoms with van der Waals surface area (Å²) in [4.78, 5) is 10.7. The number of hydrogen-bond acceptors (Lipinski definition) is 1. The number of alkyl halides is 1. The highest BCUT2D eigenvalue weighted by molar-refractivity contribution is 6.67.